The van der Waals surface area contributed by atoms with Crippen LogP contribution in [0, 0.1) is 17.8 Å². The van der Waals surface area contributed by atoms with E-state index in [-0.39, 0.29) is 24.7 Å². The molecule has 178 valence electrons. The van der Waals surface area contributed by atoms with Gasteiger partial charge in [-0.2, -0.15) is 0 Å². The van der Waals surface area contributed by atoms with Crippen molar-refractivity contribution in [2.24, 2.45) is 17.8 Å². The number of rotatable bonds is 12. The van der Waals surface area contributed by atoms with Gasteiger partial charge in [0, 0.05) is 6.42 Å². The largest absolute Gasteiger partial charge is 0.511 e. The van der Waals surface area contributed by atoms with Gasteiger partial charge in [-0.1, -0.05) is 76.3 Å². The Kier molecular flexibility index (Phi) is 11.7. The number of benzene rings is 1. The van der Waals surface area contributed by atoms with Gasteiger partial charge in [0.2, 0.25) is 0 Å². The van der Waals surface area contributed by atoms with Gasteiger partial charge in [0.15, 0.2) is 12.4 Å². The molecule has 1 saturated carbocycles. The highest BCUT2D eigenvalue weighted by atomic mass is 31.1. The van der Waals surface area contributed by atoms with E-state index in [9.17, 15) is 14.2 Å². The molecule has 0 aromatic heterocycles. The van der Waals surface area contributed by atoms with E-state index in [0.29, 0.717) is 18.8 Å². The Morgan fingerprint density at radius 1 is 1.12 bits per heavy atom. The molecule has 1 aliphatic carbocycles. The third kappa shape index (κ3) is 10.1. The van der Waals surface area contributed by atoms with Gasteiger partial charge in [-0.25, -0.2) is 4.79 Å². The molecule has 1 amide bonds. The van der Waals surface area contributed by atoms with Crippen LogP contribution in [0.15, 0.2) is 30.3 Å². The van der Waals surface area contributed by atoms with E-state index >= 15 is 0 Å². The molecule has 3 atom stereocenters. The van der Waals surface area contributed by atoms with Crippen molar-refractivity contribution in [3.63, 3.8) is 0 Å². The molecule has 32 heavy (non-hydrogen) atoms. The Morgan fingerprint density at radius 2 is 1.81 bits per heavy atom. The van der Waals surface area contributed by atoms with Crippen LogP contribution in [0.2, 0.25) is 0 Å². The SMILES string of the molecule is COC(=O)C(CC(C)C)C[P+](=O)OC(CC1CCCCC1)NC(=O)OCc1ccccc1. The Morgan fingerprint density at radius 3 is 2.44 bits per heavy atom. The third-order valence-electron chi connectivity index (χ3n) is 5.67. The molecule has 1 aromatic rings. The van der Waals surface area contributed by atoms with Gasteiger partial charge in [-0.15, -0.1) is 4.52 Å². The number of nitrogens with one attached hydrogen (secondary N) is 1. The summed E-state index contributed by atoms with van der Waals surface area (Å²) in [6.45, 7) is 4.15. The molecule has 1 aromatic carbocycles. The molecule has 0 saturated heterocycles. The van der Waals surface area contributed by atoms with Crippen molar-refractivity contribution in [1.29, 1.82) is 0 Å². The summed E-state index contributed by atoms with van der Waals surface area (Å²) in [5, 5.41) is 2.74. The lowest BCUT2D eigenvalue weighted by molar-refractivity contribution is -0.145. The number of esters is 1. The second kappa shape index (κ2) is 14.2. The molecule has 1 fully saturated rings. The van der Waals surface area contributed by atoms with Crippen LogP contribution in [0.4, 0.5) is 4.79 Å². The van der Waals surface area contributed by atoms with Crippen LogP contribution < -0.4 is 5.32 Å². The predicted octanol–water partition coefficient (Wildman–Crippen LogP) is 5.80. The minimum atomic E-state index is -2.16. The number of ether oxygens (including phenoxy) is 2. The van der Waals surface area contributed by atoms with Crippen molar-refractivity contribution in [3.05, 3.63) is 35.9 Å². The predicted molar refractivity (Wildman–Crippen MR) is 123 cm³/mol. The van der Waals surface area contributed by atoms with Crippen LogP contribution in [0.3, 0.4) is 0 Å². The van der Waals surface area contributed by atoms with Crippen molar-refractivity contribution in [2.45, 2.75) is 71.6 Å². The Bertz CT molecular complexity index is 720. The van der Waals surface area contributed by atoms with Gasteiger partial charge in [-0.05, 0) is 28.4 Å². The fourth-order valence-electron chi connectivity index (χ4n) is 4.10. The first-order valence-electron chi connectivity index (χ1n) is 11.5. The van der Waals surface area contributed by atoms with Gasteiger partial charge >= 0.3 is 20.1 Å². The molecule has 3 unspecified atom stereocenters. The lowest BCUT2D eigenvalue weighted by Crippen LogP contribution is -2.38. The molecule has 0 heterocycles. The van der Waals surface area contributed by atoms with Crippen LogP contribution >= 0.6 is 8.03 Å². The fraction of sp³-hybridized carbons (Fsp3) is 0.667. The highest BCUT2D eigenvalue weighted by Gasteiger charge is 2.35. The maximum Gasteiger partial charge on any atom is 0.511 e. The summed E-state index contributed by atoms with van der Waals surface area (Å²) in [7, 11) is -0.827. The molecular weight excluding hydrogens is 429 g/mol. The average Bonchev–Trinajstić information content (AvgIpc) is 2.77. The fourth-order valence-corrected chi connectivity index (χ4v) is 5.26. The van der Waals surface area contributed by atoms with Crippen molar-refractivity contribution in [3.8, 4) is 0 Å². The van der Waals surface area contributed by atoms with E-state index in [1.807, 2.05) is 44.2 Å². The zero-order valence-electron chi connectivity index (χ0n) is 19.5. The van der Waals surface area contributed by atoms with Gasteiger partial charge in [0.05, 0.1) is 7.11 Å². The molecular formula is C24H37NO6P+. The molecule has 2 rings (SSSR count). The highest BCUT2D eigenvalue weighted by Crippen LogP contribution is 2.34. The lowest BCUT2D eigenvalue weighted by Gasteiger charge is -2.24. The molecule has 1 aliphatic rings. The van der Waals surface area contributed by atoms with Crippen molar-refractivity contribution in [1.82, 2.24) is 5.32 Å². The smallest absolute Gasteiger partial charge is 0.469 e. The second-order valence-corrected chi connectivity index (χ2v) is 10.1. The van der Waals surface area contributed by atoms with E-state index in [1.165, 1.54) is 13.5 Å². The summed E-state index contributed by atoms with van der Waals surface area (Å²) < 4.78 is 28.8. The number of methoxy groups -OCH3 is 1. The maximum absolute atomic E-state index is 12.8. The minimum absolute atomic E-state index is 0.0715. The zero-order chi connectivity index (χ0) is 23.3. The van der Waals surface area contributed by atoms with Crippen molar-refractivity contribution in [2.75, 3.05) is 13.3 Å². The molecule has 0 aliphatic heterocycles. The van der Waals surface area contributed by atoms with Crippen LogP contribution in [-0.2, 0) is 30.0 Å². The average molecular weight is 467 g/mol. The summed E-state index contributed by atoms with van der Waals surface area (Å²) >= 11 is 0. The lowest BCUT2D eigenvalue weighted by atomic mass is 9.86. The Hall–Kier alpha value is -1.98. The van der Waals surface area contributed by atoms with E-state index in [4.69, 9.17) is 14.0 Å². The summed E-state index contributed by atoms with van der Waals surface area (Å²) in [5.41, 5.74) is 0.882. The summed E-state index contributed by atoms with van der Waals surface area (Å²) in [4.78, 5) is 24.5. The zero-order valence-corrected chi connectivity index (χ0v) is 20.4. The number of amides is 1. The monoisotopic (exact) mass is 466 g/mol. The molecule has 8 heteroatoms. The Balaban J connectivity index is 1.95. The normalized spacial score (nSPS) is 16.8. The molecule has 1 N–H and O–H groups in total. The highest BCUT2D eigenvalue weighted by molar-refractivity contribution is 7.39. The van der Waals surface area contributed by atoms with E-state index in [1.54, 1.807) is 0 Å². The number of carbonyl (C=O) groups excluding carboxylic acids is 2. The van der Waals surface area contributed by atoms with E-state index in [2.05, 4.69) is 5.32 Å². The van der Waals surface area contributed by atoms with Crippen molar-refractivity contribution >= 4 is 20.1 Å². The first-order chi connectivity index (χ1) is 15.4. The number of hydrogen-bond acceptors (Lipinski definition) is 6. The van der Waals surface area contributed by atoms with Gasteiger partial charge in [0.25, 0.3) is 0 Å². The Labute approximate surface area is 192 Å². The third-order valence-corrected chi connectivity index (χ3v) is 6.90. The number of hydrogen-bond donors (Lipinski definition) is 1. The summed E-state index contributed by atoms with van der Waals surface area (Å²) in [5.74, 6) is -0.223. The maximum atomic E-state index is 12.8. The first-order valence-corrected chi connectivity index (χ1v) is 12.9. The first kappa shape index (κ1) is 26.3. The quantitative estimate of drug-likeness (QED) is 0.238. The van der Waals surface area contributed by atoms with Gasteiger partial charge < -0.3 is 9.47 Å². The number of carbonyl (C=O) groups is 2. The van der Waals surface area contributed by atoms with Crippen LogP contribution in [0.1, 0.15) is 64.4 Å². The van der Waals surface area contributed by atoms with Crippen LogP contribution in [0.5, 0.6) is 0 Å². The van der Waals surface area contributed by atoms with Gasteiger partial charge in [0.1, 0.15) is 12.5 Å². The molecule has 0 spiro atoms. The molecule has 0 radical (unpaired) electrons. The summed E-state index contributed by atoms with van der Waals surface area (Å²) in [6.07, 6.45) is 5.55. The number of alkyl carbamates (subject to hydrolysis) is 1. The van der Waals surface area contributed by atoms with Crippen LogP contribution in [0.25, 0.3) is 0 Å². The van der Waals surface area contributed by atoms with Crippen LogP contribution in [-0.4, -0.2) is 31.6 Å². The minimum Gasteiger partial charge on any atom is -0.469 e. The van der Waals surface area contributed by atoms with E-state index in [0.717, 1.165) is 31.2 Å². The summed E-state index contributed by atoms with van der Waals surface area (Å²) in [6, 6.07) is 9.41. The topological polar surface area (TPSA) is 90.9 Å². The van der Waals surface area contributed by atoms with E-state index < -0.39 is 26.3 Å². The molecule has 7 nitrogen and oxygen atoms in total. The molecule has 0 bridgehead atoms. The standard InChI is InChI=1S/C24H36NO6P/c1-18(2)14-21(23(26)29-3)17-32(28)31-22(15-19-10-6-4-7-11-19)25-24(27)30-16-20-12-8-5-9-13-20/h5,8-9,12-13,18-19,21-22H,4,6-7,10-11,14-17H2,1-3H3/p+1. The van der Waals surface area contributed by atoms with Crippen molar-refractivity contribution < 1.29 is 28.2 Å². The van der Waals surface area contributed by atoms with Gasteiger partial charge in [-0.3, -0.25) is 10.1 Å². The second-order valence-electron chi connectivity index (χ2n) is 8.90.